The molecule has 0 bridgehead atoms. The highest BCUT2D eigenvalue weighted by Gasteiger charge is 2.27. The van der Waals surface area contributed by atoms with Crippen LogP contribution in [-0.2, 0) is 6.54 Å². The molecule has 3 rings (SSSR count). The Labute approximate surface area is 132 Å². The summed E-state index contributed by atoms with van der Waals surface area (Å²) >= 11 is 0. The minimum Gasteiger partial charge on any atom is -0.494 e. The Kier molecular flexibility index (Phi) is 4.83. The Morgan fingerprint density at radius 3 is 2.64 bits per heavy atom. The zero-order chi connectivity index (χ0) is 15.4. The summed E-state index contributed by atoms with van der Waals surface area (Å²) in [7, 11) is 0. The highest BCUT2D eigenvalue weighted by Crippen LogP contribution is 2.21. The molecule has 2 aliphatic rings. The molecule has 1 saturated carbocycles. The van der Waals surface area contributed by atoms with Gasteiger partial charge < -0.3 is 15.0 Å². The molecule has 1 N–H and O–H groups in total. The molecule has 5 heteroatoms. The average Bonchev–Trinajstić information content (AvgIpc) is 3.34. The number of nitrogens with one attached hydrogen (secondary N) is 1. The van der Waals surface area contributed by atoms with Crippen molar-refractivity contribution in [1.29, 1.82) is 0 Å². The van der Waals surface area contributed by atoms with Gasteiger partial charge in [-0.25, -0.2) is 4.79 Å². The van der Waals surface area contributed by atoms with E-state index in [0.29, 0.717) is 12.6 Å². The number of para-hydroxylation sites is 1. The van der Waals surface area contributed by atoms with E-state index in [1.54, 1.807) is 0 Å². The quantitative estimate of drug-likeness (QED) is 0.906. The standard InChI is InChI=1S/C17H25N3O2/c1-2-22-16-6-4-3-5-14(16)13-19-9-11-20(12-10-19)17(21)18-15-7-8-15/h3-6,15H,2,7-13H2,1H3,(H,18,21). The van der Waals surface area contributed by atoms with Gasteiger partial charge in [-0.1, -0.05) is 18.2 Å². The van der Waals surface area contributed by atoms with Gasteiger partial charge in [0, 0.05) is 44.3 Å². The van der Waals surface area contributed by atoms with Crippen LogP contribution in [0.1, 0.15) is 25.3 Å². The van der Waals surface area contributed by atoms with Crippen LogP contribution >= 0.6 is 0 Å². The number of carbonyl (C=O) groups is 1. The molecular formula is C17H25N3O2. The van der Waals surface area contributed by atoms with E-state index in [-0.39, 0.29) is 6.03 Å². The molecule has 0 radical (unpaired) electrons. The second-order valence-electron chi connectivity index (χ2n) is 6.03. The van der Waals surface area contributed by atoms with Gasteiger partial charge in [0.2, 0.25) is 0 Å². The first-order valence-corrected chi connectivity index (χ1v) is 8.24. The molecule has 1 aliphatic heterocycles. The smallest absolute Gasteiger partial charge is 0.317 e. The molecule has 1 saturated heterocycles. The van der Waals surface area contributed by atoms with E-state index < -0.39 is 0 Å². The molecule has 1 heterocycles. The van der Waals surface area contributed by atoms with Crippen molar-refractivity contribution in [3.63, 3.8) is 0 Å². The fourth-order valence-electron chi connectivity index (χ4n) is 2.77. The van der Waals surface area contributed by atoms with Crippen molar-refractivity contribution < 1.29 is 9.53 Å². The fourth-order valence-corrected chi connectivity index (χ4v) is 2.77. The number of benzene rings is 1. The molecule has 1 aromatic carbocycles. The number of carbonyl (C=O) groups excluding carboxylic acids is 1. The number of hydrogen-bond donors (Lipinski definition) is 1. The largest absolute Gasteiger partial charge is 0.494 e. The lowest BCUT2D eigenvalue weighted by molar-refractivity contribution is 0.134. The lowest BCUT2D eigenvalue weighted by Crippen LogP contribution is -2.51. The van der Waals surface area contributed by atoms with Crippen LogP contribution in [0.5, 0.6) is 5.75 Å². The van der Waals surface area contributed by atoms with E-state index in [1.165, 1.54) is 5.56 Å². The number of rotatable bonds is 5. The van der Waals surface area contributed by atoms with E-state index in [4.69, 9.17) is 4.74 Å². The predicted octanol–water partition coefficient (Wildman–Crippen LogP) is 2.07. The summed E-state index contributed by atoms with van der Waals surface area (Å²) in [4.78, 5) is 16.4. The summed E-state index contributed by atoms with van der Waals surface area (Å²) in [5.74, 6) is 0.971. The maximum absolute atomic E-state index is 12.0. The first-order valence-electron chi connectivity index (χ1n) is 8.24. The molecule has 0 aromatic heterocycles. The van der Waals surface area contributed by atoms with E-state index in [0.717, 1.165) is 51.3 Å². The lowest BCUT2D eigenvalue weighted by Gasteiger charge is -2.35. The minimum absolute atomic E-state index is 0.108. The molecule has 2 fully saturated rings. The third-order valence-corrected chi connectivity index (χ3v) is 4.23. The highest BCUT2D eigenvalue weighted by atomic mass is 16.5. The van der Waals surface area contributed by atoms with E-state index in [1.807, 2.05) is 24.0 Å². The van der Waals surface area contributed by atoms with Crippen LogP contribution in [0.15, 0.2) is 24.3 Å². The van der Waals surface area contributed by atoms with Gasteiger partial charge in [-0.15, -0.1) is 0 Å². The summed E-state index contributed by atoms with van der Waals surface area (Å²) in [5, 5.41) is 3.06. The summed E-state index contributed by atoms with van der Waals surface area (Å²) in [5.41, 5.74) is 1.22. The van der Waals surface area contributed by atoms with Crippen molar-refractivity contribution in [1.82, 2.24) is 15.1 Å². The van der Waals surface area contributed by atoms with Gasteiger partial charge in [-0.2, -0.15) is 0 Å². The third-order valence-electron chi connectivity index (χ3n) is 4.23. The normalized spacial score (nSPS) is 19.0. The van der Waals surface area contributed by atoms with Gasteiger partial charge >= 0.3 is 6.03 Å². The topological polar surface area (TPSA) is 44.8 Å². The Hall–Kier alpha value is -1.75. The Morgan fingerprint density at radius 1 is 1.23 bits per heavy atom. The molecule has 0 spiro atoms. The monoisotopic (exact) mass is 303 g/mol. The Balaban J connectivity index is 1.50. The average molecular weight is 303 g/mol. The number of amides is 2. The first-order chi connectivity index (χ1) is 10.8. The Bertz CT molecular complexity index is 508. The van der Waals surface area contributed by atoms with Gasteiger partial charge in [0.25, 0.3) is 0 Å². The molecule has 0 atom stereocenters. The van der Waals surface area contributed by atoms with Crippen molar-refractivity contribution >= 4 is 6.03 Å². The first kappa shape index (κ1) is 15.2. The van der Waals surface area contributed by atoms with Crippen LogP contribution in [0.4, 0.5) is 4.79 Å². The summed E-state index contributed by atoms with van der Waals surface area (Å²) < 4.78 is 5.69. The molecule has 120 valence electrons. The Morgan fingerprint density at radius 2 is 1.95 bits per heavy atom. The molecule has 22 heavy (non-hydrogen) atoms. The minimum atomic E-state index is 0.108. The van der Waals surface area contributed by atoms with Crippen LogP contribution < -0.4 is 10.1 Å². The van der Waals surface area contributed by atoms with Gasteiger partial charge in [0.15, 0.2) is 0 Å². The van der Waals surface area contributed by atoms with Crippen LogP contribution in [0.3, 0.4) is 0 Å². The van der Waals surface area contributed by atoms with Gasteiger partial charge in [0.1, 0.15) is 5.75 Å². The summed E-state index contributed by atoms with van der Waals surface area (Å²) in [6, 6.07) is 8.75. The number of nitrogens with zero attached hydrogens (tertiary/aromatic N) is 2. The second-order valence-corrected chi connectivity index (χ2v) is 6.03. The molecule has 1 aliphatic carbocycles. The van der Waals surface area contributed by atoms with Crippen molar-refractivity contribution in [2.75, 3.05) is 32.8 Å². The summed E-state index contributed by atoms with van der Waals surface area (Å²) in [6.45, 7) is 7.01. The van der Waals surface area contributed by atoms with E-state index >= 15 is 0 Å². The maximum Gasteiger partial charge on any atom is 0.317 e. The molecule has 0 unspecified atom stereocenters. The van der Waals surface area contributed by atoms with Crippen molar-refractivity contribution in [3.8, 4) is 5.75 Å². The fraction of sp³-hybridized carbons (Fsp3) is 0.588. The molecule has 1 aromatic rings. The van der Waals surface area contributed by atoms with Crippen LogP contribution in [0.2, 0.25) is 0 Å². The van der Waals surface area contributed by atoms with Crippen LogP contribution in [0.25, 0.3) is 0 Å². The summed E-state index contributed by atoms with van der Waals surface area (Å²) in [6.07, 6.45) is 2.28. The molecule has 5 nitrogen and oxygen atoms in total. The predicted molar refractivity (Wildman–Crippen MR) is 86.0 cm³/mol. The lowest BCUT2D eigenvalue weighted by atomic mass is 10.1. The van der Waals surface area contributed by atoms with Crippen LogP contribution in [-0.4, -0.2) is 54.7 Å². The molecule has 2 amide bonds. The molecular weight excluding hydrogens is 278 g/mol. The third kappa shape index (κ3) is 3.91. The highest BCUT2D eigenvalue weighted by molar-refractivity contribution is 5.75. The van der Waals surface area contributed by atoms with E-state index in [9.17, 15) is 4.79 Å². The van der Waals surface area contributed by atoms with Crippen molar-refractivity contribution in [2.24, 2.45) is 0 Å². The van der Waals surface area contributed by atoms with Crippen molar-refractivity contribution in [2.45, 2.75) is 32.4 Å². The second kappa shape index (κ2) is 7.01. The van der Waals surface area contributed by atoms with Gasteiger partial charge in [-0.3, -0.25) is 4.90 Å². The van der Waals surface area contributed by atoms with E-state index in [2.05, 4.69) is 22.3 Å². The number of ether oxygens (including phenoxy) is 1. The zero-order valence-electron chi connectivity index (χ0n) is 13.3. The maximum atomic E-state index is 12.0. The number of urea groups is 1. The number of hydrogen-bond acceptors (Lipinski definition) is 3. The van der Waals surface area contributed by atoms with Gasteiger partial charge in [0.05, 0.1) is 6.61 Å². The number of piperazine rings is 1. The van der Waals surface area contributed by atoms with Crippen molar-refractivity contribution in [3.05, 3.63) is 29.8 Å². The SMILES string of the molecule is CCOc1ccccc1CN1CCN(C(=O)NC2CC2)CC1. The zero-order valence-corrected chi connectivity index (χ0v) is 13.3. The van der Waals surface area contributed by atoms with Crippen LogP contribution in [0, 0.1) is 0 Å². The van der Waals surface area contributed by atoms with Gasteiger partial charge in [-0.05, 0) is 25.8 Å².